The number of fused-ring (bicyclic) bond motifs is 4. The molecule has 4 bridgehead atoms. The number of carbonyl (C=O) groups excluding carboxylic acids is 1. The van der Waals surface area contributed by atoms with E-state index in [1.807, 2.05) is 31.2 Å². The Hall–Kier alpha value is -2.83. The van der Waals surface area contributed by atoms with Gasteiger partial charge in [-0.2, -0.15) is 0 Å². The summed E-state index contributed by atoms with van der Waals surface area (Å²) in [5.74, 6) is 1.65. The molecule has 7 rings (SSSR count). The number of rotatable bonds is 8. The highest BCUT2D eigenvalue weighted by Gasteiger charge is 2.63. The second-order valence-electron chi connectivity index (χ2n) is 10.7. The molecule has 4 aliphatic rings. The third-order valence-electron chi connectivity index (χ3n) is 8.68. The maximum atomic E-state index is 14.0. The second-order valence-corrected chi connectivity index (χ2v) is 10.7. The minimum atomic E-state index is -0.667. The van der Waals surface area contributed by atoms with Crippen LogP contribution < -0.4 is 4.74 Å². The summed E-state index contributed by atoms with van der Waals surface area (Å²) in [6.45, 7) is 5.66. The fraction of sp³-hybridized carbons (Fsp3) is 0.500. The van der Waals surface area contributed by atoms with Crippen LogP contribution in [-0.2, 0) is 32.7 Å². The molecule has 3 fully saturated rings. The van der Waals surface area contributed by atoms with E-state index in [1.165, 1.54) is 16.5 Å². The van der Waals surface area contributed by atoms with Gasteiger partial charge in [0.05, 0.1) is 20.3 Å². The van der Waals surface area contributed by atoms with Crippen molar-refractivity contribution in [3.05, 3.63) is 65.4 Å². The molecule has 3 aliphatic heterocycles. The molecule has 0 radical (unpaired) electrons. The zero-order valence-corrected chi connectivity index (χ0v) is 21.3. The van der Waals surface area contributed by atoms with Crippen LogP contribution >= 0.6 is 0 Å². The number of H-pyrrole nitrogens is 1. The van der Waals surface area contributed by atoms with Crippen molar-refractivity contribution in [2.45, 2.75) is 50.7 Å². The summed E-state index contributed by atoms with van der Waals surface area (Å²) in [6, 6.07) is 16.6. The van der Waals surface area contributed by atoms with Gasteiger partial charge in [0.15, 0.2) is 0 Å². The Kier molecular flexibility index (Phi) is 6.26. The van der Waals surface area contributed by atoms with Crippen molar-refractivity contribution in [1.29, 1.82) is 0 Å². The molecule has 1 aliphatic carbocycles. The molecule has 6 nitrogen and oxygen atoms in total. The van der Waals surface area contributed by atoms with Gasteiger partial charge in [0.2, 0.25) is 0 Å². The van der Waals surface area contributed by atoms with Gasteiger partial charge >= 0.3 is 5.97 Å². The van der Waals surface area contributed by atoms with E-state index in [1.54, 1.807) is 7.11 Å². The van der Waals surface area contributed by atoms with Crippen LogP contribution in [0.2, 0.25) is 0 Å². The molecule has 6 heteroatoms. The molecule has 4 heterocycles. The van der Waals surface area contributed by atoms with E-state index < -0.39 is 5.41 Å². The number of aromatic amines is 1. The number of esters is 1. The molecular weight excluding hydrogens is 452 g/mol. The van der Waals surface area contributed by atoms with Crippen LogP contribution in [0.15, 0.2) is 48.5 Å². The van der Waals surface area contributed by atoms with Crippen molar-refractivity contribution < 1.29 is 19.0 Å². The Morgan fingerprint density at radius 1 is 1.19 bits per heavy atom. The second kappa shape index (κ2) is 9.56. The van der Waals surface area contributed by atoms with E-state index in [-0.39, 0.29) is 12.0 Å². The molecule has 0 amide bonds. The molecule has 5 atom stereocenters. The average molecular weight is 489 g/mol. The van der Waals surface area contributed by atoms with Crippen LogP contribution in [-0.4, -0.2) is 55.3 Å². The van der Waals surface area contributed by atoms with Crippen molar-refractivity contribution in [2.24, 2.45) is 11.8 Å². The van der Waals surface area contributed by atoms with E-state index >= 15 is 0 Å². The maximum absolute atomic E-state index is 14.0. The summed E-state index contributed by atoms with van der Waals surface area (Å²) in [7, 11) is 1.70. The highest BCUT2D eigenvalue weighted by Crippen LogP contribution is 2.55. The minimum Gasteiger partial charge on any atom is -0.497 e. The topological polar surface area (TPSA) is 63.8 Å². The van der Waals surface area contributed by atoms with E-state index in [9.17, 15) is 4.79 Å². The number of aromatic nitrogens is 1. The molecular formula is C30H36N2O4. The zero-order valence-electron chi connectivity index (χ0n) is 21.3. The first-order valence-corrected chi connectivity index (χ1v) is 13.4. The van der Waals surface area contributed by atoms with Gasteiger partial charge in [-0.25, -0.2) is 0 Å². The first kappa shape index (κ1) is 23.6. The number of hydrogen-bond acceptors (Lipinski definition) is 5. The van der Waals surface area contributed by atoms with Crippen molar-refractivity contribution in [2.75, 3.05) is 33.4 Å². The van der Waals surface area contributed by atoms with Gasteiger partial charge < -0.3 is 19.2 Å². The quantitative estimate of drug-likeness (QED) is 0.363. The lowest BCUT2D eigenvalue weighted by atomic mass is 9.56. The van der Waals surface area contributed by atoms with Crippen molar-refractivity contribution in [1.82, 2.24) is 9.88 Å². The molecule has 190 valence electrons. The Bertz CT molecular complexity index is 1240. The van der Waals surface area contributed by atoms with E-state index in [0.29, 0.717) is 31.7 Å². The van der Waals surface area contributed by atoms with Gasteiger partial charge in [0, 0.05) is 42.3 Å². The summed E-state index contributed by atoms with van der Waals surface area (Å²) < 4.78 is 17.5. The Labute approximate surface area is 212 Å². The highest BCUT2D eigenvalue weighted by atomic mass is 16.5. The standard InChI is InChI=1S/C30H36N2O4/c1-3-36-29(33)30-17-21-15-22(12-14-35-19-20-7-5-4-6-8-20)28(30)32(18-21)13-11-24-25-16-23(34-2)9-10-26(25)31-27(24)30/h4-10,16,21-22,28,31H,3,11-15,17-19H2,1-2H3/t21-,22?,28?,30?/m0/s1. The fourth-order valence-corrected chi connectivity index (χ4v) is 7.38. The molecule has 2 aromatic carbocycles. The monoisotopic (exact) mass is 488 g/mol. The lowest BCUT2D eigenvalue weighted by Gasteiger charge is -2.58. The summed E-state index contributed by atoms with van der Waals surface area (Å²) >= 11 is 0. The highest BCUT2D eigenvalue weighted by molar-refractivity contribution is 5.92. The minimum absolute atomic E-state index is 0.0683. The van der Waals surface area contributed by atoms with Crippen LogP contribution in [0.1, 0.15) is 43.0 Å². The average Bonchev–Trinajstić information content (AvgIpc) is 3.24. The SMILES string of the molecule is CCOC(=O)C12C[C@@H]3CC(CCOCc4ccccc4)C1N(CCc1c2[nH]c2ccc(OC)cc12)C3. The predicted octanol–water partition coefficient (Wildman–Crippen LogP) is 4.85. The lowest BCUT2D eigenvalue weighted by Crippen LogP contribution is -2.67. The number of hydrogen-bond donors (Lipinski definition) is 1. The molecule has 1 aromatic heterocycles. The molecule has 3 aromatic rings. The smallest absolute Gasteiger partial charge is 0.319 e. The Morgan fingerprint density at radius 3 is 2.86 bits per heavy atom. The third-order valence-corrected chi connectivity index (χ3v) is 8.68. The Morgan fingerprint density at radius 2 is 2.06 bits per heavy atom. The first-order chi connectivity index (χ1) is 17.6. The number of carbonyl (C=O) groups is 1. The molecule has 1 saturated carbocycles. The predicted molar refractivity (Wildman–Crippen MR) is 139 cm³/mol. The summed E-state index contributed by atoms with van der Waals surface area (Å²) in [5, 5.41) is 1.17. The van der Waals surface area contributed by atoms with Crippen LogP contribution in [0.5, 0.6) is 5.75 Å². The normalized spacial score (nSPS) is 28.5. The number of nitrogens with zero attached hydrogens (tertiary/aromatic N) is 1. The van der Waals surface area contributed by atoms with Crippen LogP contribution in [0.4, 0.5) is 0 Å². The van der Waals surface area contributed by atoms with Gasteiger partial charge in [-0.05, 0) is 73.8 Å². The van der Waals surface area contributed by atoms with E-state index in [2.05, 4.69) is 34.1 Å². The number of ether oxygens (including phenoxy) is 3. The summed E-state index contributed by atoms with van der Waals surface area (Å²) in [4.78, 5) is 20.3. The molecule has 4 unspecified atom stereocenters. The number of methoxy groups -OCH3 is 1. The van der Waals surface area contributed by atoms with Crippen molar-refractivity contribution in [3.63, 3.8) is 0 Å². The largest absolute Gasteiger partial charge is 0.497 e. The first-order valence-electron chi connectivity index (χ1n) is 13.4. The molecule has 36 heavy (non-hydrogen) atoms. The Balaban J connectivity index is 1.35. The molecule has 2 saturated heterocycles. The van der Waals surface area contributed by atoms with Gasteiger partial charge in [-0.15, -0.1) is 0 Å². The number of nitrogens with one attached hydrogen (secondary N) is 1. The van der Waals surface area contributed by atoms with E-state index in [0.717, 1.165) is 55.7 Å². The van der Waals surface area contributed by atoms with Crippen molar-refractivity contribution >= 4 is 16.9 Å². The van der Waals surface area contributed by atoms with Crippen LogP contribution in [0.25, 0.3) is 10.9 Å². The van der Waals surface area contributed by atoms with Crippen molar-refractivity contribution in [3.8, 4) is 5.75 Å². The van der Waals surface area contributed by atoms with Crippen LogP contribution in [0.3, 0.4) is 0 Å². The van der Waals surface area contributed by atoms with E-state index in [4.69, 9.17) is 14.2 Å². The third kappa shape index (κ3) is 3.82. The van der Waals surface area contributed by atoms with Gasteiger partial charge in [0.25, 0.3) is 0 Å². The zero-order chi connectivity index (χ0) is 24.7. The molecule has 1 N–H and O–H groups in total. The number of piperidine rings is 2. The number of benzene rings is 2. The maximum Gasteiger partial charge on any atom is 0.319 e. The molecule has 0 spiro atoms. The van der Waals surface area contributed by atoms with Gasteiger partial charge in [-0.1, -0.05) is 30.3 Å². The summed E-state index contributed by atoms with van der Waals surface area (Å²) in [6.07, 6.45) is 3.88. The van der Waals surface area contributed by atoms with Gasteiger partial charge in [0.1, 0.15) is 11.2 Å². The summed E-state index contributed by atoms with van der Waals surface area (Å²) in [5.41, 5.74) is 3.94. The fourth-order valence-electron chi connectivity index (χ4n) is 7.38. The van der Waals surface area contributed by atoms with Gasteiger partial charge in [-0.3, -0.25) is 9.69 Å². The lowest BCUT2D eigenvalue weighted by molar-refractivity contribution is -0.165. The van der Waals surface area contributed by atoms with Crippen LogP contribution in [0, 0.1) is 11.8 Å².